The summed E-state index contributed by atoms with van der Waals surface area (Å²) in [6.07, 6.45) is 4.98. The topological polar surface area (TPSA) is 24.9 Å². The van der Waals surface area contributed by atoms with Gasteiger partial charge >= 0.3 is 0 Å². The van der Waals surface area contributed by atoms with Gasteiger partial charge in [-0.1, -0.05) is 20.8 Å². The maximum absolute atomic E-state index is 13.7. The van der Waals surface area contributed by atoms with Crippen LogP contribution in [0.15, 0.2) is 18.5 Å². The minimum Gasteiger partial charge on any atom is -0.314 e. The van der Waals surface area contributed by atoms with Crippen molar-refractivity contribution in [2.75, 3.05) is 6.54 Å². The molecular weight excluding hydrogens is 215 g/mol. The van der Waals surface area contributed by atoms with Crippen molar-refractivity contribution in [3.63, 3.8) is 0 Å². The van der Waals surface area contributed by atoms with E-state index >= 15 is 0 Å². The van der Waals surface area contributed by atoms with Crippen LogP contribution < -0.4 is 5.32 Å². The first-order chi connectivity index (χ1) is 7.97. The normalized spacial score (nSPS) is 13.7. The number of hydrogen-bond acceptors (Lipinski definition) is 2. The molecule has 1 unspecified atom stereocenters. The predicted octanol–water partition coefficient (Wildman–Crippen LogP) is 3.28. The number of aromatic nitrogens is 1. The lowest BCUT2D eigenvalue weighted by Gasteiger charge is -2.29. The zero-order valence-electron chi connectivity index (χ0n) is 11.3. The highest BCUT2D eigenvalue weighted by atomic mass is 19.1. The van der Waals surface area contributed by atoms with Gasteiger partial charge in [-0.3, -0.25) is 4.98 Å². The molecular formula is C14H23FN2. The van der Waals surface area contributed by atoms with Crippen molar-refractivity contribution in [2.24, 2.45) is 0 Å². The minimum absolute atomic E-state index is 0.173. The third kappa shape index (κ3) is 4.08. The molecule has 1 aromatic heterocycles. The summed E-state index contributed by atoms with van der Waals surface area (Å²) in [5.74, 6) is -0.208. The highest BCUT2D eigenvalue weighted by Gasteiger charge is 2.26. The highest BCUT2D eigenvalue weighted by molar-refractivity contribution is 5.22. The quantitative estimate of drug-likeness (QED) is 0.822. The second kappa shape index (κ2) is 6.10. The third-order valence-electron chi connectivity index (χ3n) is 3.06. The first-order valence-electron chi connectivity index (χ1n) is 6.30. The second-order valence-corrected chi connectivity index (χ2v) is 5.30. The van der Waals surface area contributed by atoms with Crippen LogP contribution in [0.5, 0.6) is 0 Å². The highest BCUT2D eigenvalue weighted by Crippen LogP contribution is 2.29. The molecule has 1 atom stereocenters. The van der Waals surface area contributed by atoms with Crippen LogP contribution in [0.1, 0.15) is 46.1 Å². The van der Waals surface area contributed by atoms with Crippen LogP contribution in [0.2, 0.25) is 0 Å². The maximum Gasteiger partial charge on any atom is 0.145 e. The van der Waals surface area contributed by atoms with Crippen LogP contribution >= 0.6 is 0 Å². The van der Waals surface area contributed by atoms with E-state index in [0.717, 1.165) is 24.9 Å². The van der Waals surface area contributed by atoms with Gasteiger partial charge in [0.05, 0.1) is 6.20 Å². The lowest BCUT2D eigenvalue weighted by molar-refractivity contribution is 0.377. The van der Waals surface area contributed by atoms with Crippen molar-refractivity contribution < 1.29 is 4.39 Å². The summed E-state index contributed by atoms with van der Waals surface area (Å²) in [5.41, 5.74) is 0.574. The van der Waals surface area contributed by atoms with Gasteiger partial charge in [0.25, 0.3) is 0 Å². The van der Waals surface area contributed by atoms with Crippen molar-refractivity contribution in [2.45, 2.75) is 52.0 Å². The molecule has 0 saturated carbocycles. The van der Waals surface area contributed by atoms with E-state index in [2.05, 4.69) is 38.0 Å². The largest absolute Gasteiger partial charge is 0.314 e. The van der Waals surface area contributed by atoms with Crippen molar-refractivity contribution in [3.8, 4) is 0 Å². The van der Waals surface area contributed by atoms with Gasteiger partial charge in [0.15, 0.2) is 0 Å². The molecule has 0 fully saturated rings. The Balaban J connectivity index is 2.71. The smallest absolute Gasteiger partial charge is 0.145 e. The Hall–Kier alpha value is -0.960. The van der Waals surface area contributed by atoms with E-state index in [9.17, 15) is 4.39 Å². The van der Waals surface area contributed by atoms with Crippen molar-refractivity contribution >= 4 is 0 Å². The molecule has 0 saturated heterocycles. The number of hydrogen-bond donors (Lipinski definition) is 1. The molecule has 0 radical (unpaired) electrons. The molecule has 0 spiro atoms. The van der Waals surface area contributed by atoms with E-state index in [1.165, 1.54) is 6.20 Å². The molecule has 1 aromatic rings. The fourth-order valence-corrected chi connectivity index (χ4v) is 2.26. The van der Waals surface area contributed by atoms with Crippen molar-refractivity contribution in [1.29, 1.82) is 0 Å². The van der Waals surface area contributed by atoms with Crippen LogP contribution in [0, 0.1) is 5.82 Å². The Morgan fingerprint density at radius 3 is 2.76 bits per heavy atom. The second-order valence-electron chi connectivity index (χ2n) is 5.30. The first-order valence-corrected chi connectivity index (χ1v) is 6.30. The molecule has 3 heteroatoms. The standard InChI is InChI=1S/C14H23FN2/c1-5-7-17-11(2)9-14(3,4)12-6-8-16-10-13(12)15/h6,8,10-11,17H,5,7,9H2,1-4H3. The summed E-state index contributed by atoms with van der Waals surface area (Å²) in [7, 11) is 0. The molecule has 17 heavy (non-hydrogen) atoms. The number of pyridine rings is 1. The third-order valence-corrected chi connectivity index (χ3v) is 3.06. The number of nitrogens with zero attached hydrogens (tertiary/aromatic N) is 1. The Kier molecular flexibility index (Phi) is 5.06. The molecule has 1 N–H and O–H groups in total. The van der Waals surface area contributed by atoms with Gasteiger partial charge in [-0.25, -0.2) is 4.39 Å². The minimum atomic E-state index is -0.208. The lowest BCUT2D eigenvalue weighted by atomic mass is 9.79. The van der Waals surface area contributed by atoms with E-state index in [-0.39, 0.29) is 11.2 Å². The zero-order chi connectivity index (χ0) is 12.9. The van der Waals surface area contributed by atoms with Crippen molar-refractivity contribution in [3.05, 3.63) is 29.8 Å². The van der Waals surface area contributed by atoms with Crippen LogP contribution in [0.3, 0.4) is 0 Å². The number of rotatable bonds is 6. The molecule has 1 heterocycles. The van der Waals surface area contributed by atoms with Gasteiger partial charge in [0.2, 0.25) is 0 Å². The Morgan fingerprint density at radius 1 is 1.47 bits per heavy atom. The Labute approximate surface area is 104 Å². The first kappa shape index (κ1) is 14.1. The Morgan fingerprint density at radius 2 is 2.18 bits per heavy atom. The molecule has 0 aliphatic carbocycles. The van der Waals surface area contributed by atoms with E-state index in [1.807, 2.05) is 0 Å². The fraction of sp³-hybridized carbons (Fsp3) is 0.643. The van der Waals surface area contributed by atoms with Gasteiger partial charge in [0, 0.05) is 12.2 Å². The molecule has 0 aromatic carbocycles. The van der Waals surface area contributed by atoms with Gasteiger partial charge in [-0.15, -0.1) is 0 Å². The number of halogens is 1. The monoisotopic (exact) mass is 238 g/mol. The van der Waals surface area contributed by atoms with Crippen LogP contribution in [-0.4, -0.2) is 17.6 Å². The number of nitrogens with one attached hydrogen (secondary N) is 1. The summed E-state index contributed by atoms with van der Waals surface area (Å²) >= 11 is 0. The summed E-state index contributed by atoms with van der Waals surface area (Å²) in [5, 5.41) is 3.44. The molecule has 0 bridgehead atoms. The van der Waals surface area contributed by atoms with E-state index in [1.54, 1.807) is 12.3 Å². The molecule has 0 aliphatic heterocycles. The summed E-state index contributed by atoms with van der Waals surface area (Å²) in [4.78, 5) is 3.80. The average molecular weight is 238 g/mol. The van der Waals surface area contributed by atoms with Crippen LogP contribution in [0.25, 0.3) is 0 Å². The van der Waals surface area contributed by atoms with Gasteiger partial charge < -0.3 is 5.32 Å². The SMILES string of the molecule is CCCNC(C)CC(C)(C)c1ccncc1F. The van der Waals surface area contributed by atoms with Gasteiger partial charge in [-0.2, -0.15) is 0 Å². The molecule has 1 rings (SSSR count). The zero-order valence-corrected chi connectivity index (χ0v) is 11.3. The summed E-state index contributed by atoms with van der Waals surface area (Å²) < 4.78 is 13.7. The molecule has 2 nitrogen and oxygen atoms in total. The van der Waals surface area contributed by atoms with Crippen LogP contribution in [0.4, 0.5) is 4.39 Å². The van der Waals surface area contributed by atoms with Gasteiger partial charge in [0.1, 0.15) is 5.82 Å². The molecule has 0 aliphatic rings. The van der Waals surface area contributed by atoms with Crippen molar-refractivity contribution in [1.82, 2.24) is 10.3 Å². The van der Waals surface area contributed by atoms with E-state index in [4.69, 9.17) is 0 Å². The molecule has 0 amide bonds. The van der Waals surface area contributed by atoms with E-state index in [0.29, 0.717) is 6.04 Å². The lowest BCUT2D eigenvalue weighted by Crippen LogP contribution is -2.34. The predicted molar refractivity (Wildman–Crippen MR) is 69.6 cm³/mol. The fourth-order valence-electron chi connectivity index (χ4n) is 2.26. The average Bonchev–Trinajstić information content (AvgIpc) is 2.26. The van der Waals surface area contributed by atoms with Gasteiger partial charge in [-0.05, 0) is 43.4 Å². The summed E-state index contributed by atoms with van der Waals surface area (Å²) in [6.45, 7) is 9.46. The Bertz CT molecular complexity index is 350. The van der Waals surface area contributed by atoms with E-state index < -0.39 is 0 Å². The molecule has 96 valence electrons. The van der Waals surface area contributed by atoms with Crippen LogP contribution in [-0.2, 0) is 5.41 Å². The maximum atomic E-state index is 13.7. The summed E-state index contributed by atoms with van der Waals surface area (Å²) in [6, 6.07) is 2.17.